The molecule has 0 bridgehead atoms. The van der Waals surface area contributed by atoms with Crippen molar-refractivity contribution in [2.75, 3.05) is 11.9 Å². The summed E-state index contributed by atoms with van der Waals surface area (Å²) in [5.41, 5.74) is 0.581. The van der Waals surface area contributed by atoms with E-state index in [-0.39, 0.29) is 18.7 Å². The van der Waals surface area contributed by atoms with Crippen LogP contribution in [-0.4, -0.2) is 28.8 Å². The smallest absolute Gasteiger partial charge is 0.320 e. The van der Waals surface area contributed by atoms with Crippen LogP contribution in [0.15, 0.2) is 18.2 Å². The molecule has 0 aliphatic heterocycles. The predicted molar refractivity (Wildman–Crippen MR) is 77.2 cm³/mol. The van der Waals surface area contributed by atoms with Crippen LogP contribution < -0.4 is 10.6 Å². The Labute approximate surface area is 118 Å². The lowest BCUT2D eigenvalue weighted by Crippen LogP contribution is -2.36. The van der Waals surface area contributed by atoms with Crippen molar-refractivity contribution in [2.45, 2.75) is 38.1 Å². The number of carbonyl (C=O) groups is 1. The maximum absolute atomic E-state index is 11.8. The van der Waals surface area contributed by atoms with Crippen molar-refractivity contribution in [3.63, 3.8) is 0 Å². The normalized spacial score (nSPS) is 14.4. The molecule has 0 unspecified atom stereocenters. The van der Waals surface area contributed by atoms with Gasteiger partial charge in [-0.05, 0) is 30.9 Å². The second kappa shape index (κ2) is 7.51. The third kappa shape index (κ3) is 4.56. The Morgan fingerprint density at radius 2 is 2.20 bits per heavy atom. The Kier molecular flexibility index (Phi) is 5.39. The minimum atomic E-state index is -0.218. The molecule has 5 heteroatoms. The first-order valence-electron chi connectivity index (χ1n) is 6.92. The van der Waals surface area contributed by atoms with Gasteiger partial charge in [0.2, 0.25) is 0 Å². The Hall–Kier alpha value is -2.06. The third-order valence-corrected chi connectivity index (χ3v) is 3.13. The van der Waals surface area contributed by atoms with Crippen LogP contribution in [0.2, 0.25) is 0 Å². The molecule has 3 N–H and O–H groups in total. The Morgan fingerprint density at radius 1 is 1.40 bits per heavy atom. The summed E-state index contributed by atoms with van der Waals surface area (Å²) in [4.78, 5) is 16.0. The zero-order valence-corrected chi connectivity index (χ0v) is 11.4. The minimum Gasteiger partial charge on any atom is -0.395 e. The summed E-state index contributed by atoms with van der Waals surface area (Å²) in [5.74, 6) is 6.12. The average molecular weight is 273 g/mol. The summed E-state index contributed by atoms with van der Waals surface area (Å²) in [6, 6.07) is 5.35. The quantitative estimate of drug-likeness (QED) is 0.736. The van der Waals surface area contributed by atoms with E-state index in [2.05, 4.69) is 27.5 Å². The molecule has 1 heterocycles. The molecule has 0 aromatic carbocycles. The molecule has 2 rings (SSSR count). The van der Waals surface area contributed by atoms with Crippen LogP contribution in [0.5, 0.6) is 0 Å². The zero-order valence-electron chi connectivity index (χ0n) is 11.4. The Bertz CT molecular complexity index is 513. The highest BCUT2D eigenvalue weighted by atomic mass is 16.2. The standard InChI is InChI=1S/C15H19N3O2/c19-11-4-3-8-12-9-5-10-14(16-12)18-15(20)17-13-6-1-2-7-13/h5,9-10,13,19H,1-2,4,6-7,11H2,(H2,16,17,18,20). The number of hydrogen-bond donors (Lipinski definition) is 3. The molecule has 1 aromatic heterocycles. The first kappa shape index (κ1) is 14.4. The van der Waals surface area contributed by atoms with Crippen LogP contribution in [0.4, 0.5) is 10.6 Å². The van der Waals surface area contributed by atoms with E-state index in [1.807, 2.05) is 0 Å². The summed E-state index contributed by atoms with van der Waals surface area (Å²) in [6.45, 7) is 0.0364. The number of hydrogen-bond acceptors (Lipinski definition) is 3. The van der Waals surface area contributed by atoms with E-state index in [1.165, 1.54) is 12.8 Å². The minimum absolute atomic E-state index is 0.0364. The van der Waals surface area contributed by atoms with Crippen molar-refractivity contribution in [2.24, 2.45) is 0 Å². The lowest BCUT2D eigenvalue weighted by Gasteiger charge is -2.12. The molecule has 0 atom stereocenters. The Balaban J connectivity index is 1.90. The van der Waals surface area contributed by atoms with Crippen molar-refractivity contribution in [1.29, 1.82) is 0 Å². The van der Waals surface area contributed by atoms with Crippen molar-refractivity contribution in [3.05, 3.63) is 23.9 Å². The number of urea groups is 1. The summed E-state index contributed by atoms with van der Waals surface area (Å²) < 4.78 is 0. The molecule has 1 fully saturated rings. The van der Waals surface area contributed by atoms with Gasteiger partial charge >= 0.3 is 6.03 Å². The van der Waals surface area contributed by atoms with Gasteiger partial charge in [-0.2, -0.15) is 0 Å². The maximum Gasteiger partial charge on any atom is 0.320 e. The van der Waals surface area contributed by atoms with Gasteiger partial charge in [0.05, 0.1) is 6.61 Å². The van der Waals surface area contributed by atoms with E-state index >= 15 is 0 Å². The van der Waals surface area contributed by atoms with E-state index in [9.17, 15) is 4.79 Å². The van der Waals surface area contributed by atoms with Gasteiger partial charge in [0.15, 0.2) is 0 Å². The summed E-state index contributed by atoms with van der Waals surface area (Å²) >= 11 is 0. The third-order valence-electron chi connectivity index (χ3n) is 3.13. The number of aliphatic hydroxyl groups is 1. The van der Waals surface area contributed by atoms with Gasteiger partial charge in [-0.1, -0.05) is 24.8 Å². The monoisotopic (exact) mass is 273 g/mol. The summed E-state index contributed by atoms with van der Waals surface area (Å²) in [6.07, 6.45) is 4.88. The molecule has 1 saturated carbocycles. The SMILES string of the molecule is O=C(Nc1cccc(C#CCCO)n1)NC1CCCC1. The van der Waals surface area contributed by atoms with Gasteiger partial charge in [-0.15, -0.1) is 0 Å². The summed E-state index contributed by atoms with van der Waals surface area (Å²) in [5, 5.41) is 14.3. The van der Waals surface area contributed by atoms with Gasteiger partial charge in [0.1, 0.15) is 11.5 Å². The van der Waals surface area contributed by atoms with Crippen LogP contribution in [0, 0.1) is 11.8 Å². The summed E-state index contributed by atoms with van der Waals surface area (Å²) in [7, 11) is 0. The van der Waals surface area contributed by atoms with E-state index in [0.29, 0.717) is 17.9 Å². The fourth-order valence-corrected chi connectivity index (χ4v) is 2.19. The van der Waals surface area contributed by atoms with E-state index in [4.69, 9.17) is 5.11 Å². The van der Waals surface area contributed by atoms with Crippen molar-refractivity contribution in [3.8, 4) is 11.8 Å². The average Bonchev–Trinajstić information content (AvgIpc) is 2.92. The second-order valence-corrected chi connectivity index (χ2v) is 4.76. The molecule has 1 aliphatic rings. The van der Waals surface area contributed by atoms with Crippen molar-refractivity contribution < 1.29 is 9.90 Å². The molecule has 1 aromatic rings. The van der Waals surface area contributed by atoms with Crippen LogP contribution in [0.1, 0.15) is 37.8 Å². The first-order chi connectivity index (χ1) is 9.78. The number of carbonyl (C=O) groups excluding carboxylic acids is 1. The molecular weight excluding hydrogens is 254 g/mol. The predicted octanol–water partition coefficient (Wildman–Crippen LogP) is 1.88. The van der Waals surface area contributed by atoms with E-state index in [1.54, 1.807) is 18.2 Å². The van der Waals surface area contributed by atoms with Gasteiger partial charge in [0.25, 0.3) is 0 Å². The van der Waals surface area contributed by atoms with Crippen LogP contribution in [0.25, 0.3) is 0 Å². The van der Waals surface area contributed by atoms with Crippen LogP contribution in [-0.2, 0) is 0 Å². The van der Waals surface area contributed by atoms with E-state index < -0.39 is 0 Å². The fourth-order valence-electron chi connectivity index (χ4n) is 2.19. The molecule has 2 amide bonds. The number of amides is 2. The molecule has 5 nitrogen and oxygen atoms in total. The number of rotatable bonds is 3. The number of anilines is 1. The molecule has 106 valence electrons. The highest BCUT2D eigenvalue weighted by Crippen LogP contribution is 2.17. The number of nitrogens with one attached hydrogen (secondary N) is 2. The number of aromatic nitrogens is 1. The first-order valence-corrected chi connectivity index (χ1v) is 6.92. The van der Waals surface area contributed by atoms with Gasteiger partial charge in [-0.3, -0.25) is 5.32 Å². The second-order valence-electron chi connectivity index (χ2n) is 4.76. The van der Waals surface area contributed by atoms with E-state index in [0.717, 1.165) is 12.8 Å². The topological polar surface area (TPSA) is 74.2 Å². The van der Waals surface area contributed by atoms with Gasteiger partial charge in [0, 0.05) is 12.5 Å². The number of pyridine rings is 1. The van der Waals surface area contributed by atoms with Gasteiger partial charge in [-0.25, -0.2) is 9.78 Å². The van der Waals surface area contributed by atoms with Crippen LogP contribution >= 0.6 is 0 Å². The highest BCUT2D eigenvalue weighted by molar-refractivity contribution is 5.88. The molecule has 0 saturated heterocycles. The Morgan fingerprint density at radius 3 is 2.95 bits per heavy atom. The zero-order chi connectivity index (χ0) is 14.2. The fraction of sp³-hybridized carbons (Fsp3) is 0.467. The largest absolute Gasteiger partial charge is 0.395 e. The van der Waals surface area contributed by atoms with Crippen LogP contribution in [0.3, 0.4) is 0 Å². The molecule has 0 radical (unpaired) electrons. The van der Waals surface area contributed by atoms with Crippen molar-refractivity contribution >= 4 is 11.8 Å². The molecule has 20 heavy (non-hydrogen) atoms. The molecular formula is C15H19N3O2. The maximum atomic E-state index is 11.8. The molecule has 1 aliphatic carbocycles. The highest BCUT2D eigenvalue weighted by Gasteiger charge is 2.17. The lowest BCUT2D eigenvalue weighted by atomic mass is 10.2. The van der Waals surface area contributed by atoms with Gasteiger partial charge < -0.3 is 10.4 Å². The lowest BCUT2D eigenvalue weighted by molar-refractivity contribution is 0.248. The number of nitrogens with zero attached hydrogens (tertiary/aromatic N) is 1. The van der Waals surface area contributed by atoms with Crippen molar-refractivity contribution in [1.82, 2.24) is 10.3 Å². The number of aliphatic hydroxyl groups excluding tert-OH is 1. The molecule has 0 spiro atoms.